The highest BCUT2D eigenvalue weighted by atomic mass is 16.7. The molecule has 2 aromatic carbocycles. The van der Waals surface area contributed by atoms with Crippen LogP contribution < -0.4 is 20.7 Å². The van der Waals surface area contributed by atoms with Crippen molar-refractivity contribution in [1.82, 2.24) is 16.0 Å². The first-order valence-electron chi connectivity index (χ1n) is 16.9. The minimum Gasteiger partial charge on any atom is -0.463 e. The van der Waals surface area contributed by atoms with E-state index in [9.17, 15) is 9.90 Å². The molecule has 1 fully saturated rings. The molecule has 1 aliphatic heterocycles. The lowest BCUT2D eigenvalue weighted by molar-refractivity contribution is -0.180. The van der Waals surface area contributed by atoms with Crippen molar-refractivity contribution in [2.75, 3.05) is 26.3 Å². The van der Waals surface area contributed by atoms with Gasteiger partial charge in [0.15, 0.2) is 0 Å². The van der Waals surface area contributed by atoms with E-state index >= 15 is 0 Å². The van der Waals surface area contributed by atoms with Crippen LogP contribution in [0.4, 0.5) is 4.79 Å². The number of aliphatic hydroxyl groups is 1. The summed E-state index contributed by atoms with van der Waals surface area (Å²) in [5, 5.41) is 20.1. The summed E-state index contributed by atoms with van der Waals surface area (Å²) >= 11 is 0. The lowest BCUT2D eigenvalue weighted by atomic mass is 9.96. The lowest BCUT2D eigenvalue weighted by Crippen LogP contribution is -2.42. The molecular formula is C36H55N3O5. The van der Waals surface area contributed by atoms with Gasteiger partial charge in [0.2, 0.25) is 5.79 Å². The first kappa shape index (κ1) is 34.2. The van der Waals surface area contributed by atoms with E-state index in [1.807, 2.05) is 32.0 Å². The fraction of sp³-hybridized carbons (Fsp3) is 0.639. The maximum absolute atomic E-state index is 12.2. The second-order valence-electron chi connectivity index (χ2n) is 12.8. The Balaban J connectivity index is 0.951. The van der Waals surface area contributed by atoms with Gasteiger partial charge in [-0.05, 0) is 80.3 Å². The Kier molecular flexibility index (Phi) is 14.3. The predicted octanol–water partition coefficient (Wildman–Crippen LogP) is 6.69. The Morgan fingerprint density at radius 1 is 0.977 bits per heavy atom. The van der Waals surface area contributed by atoms with Crippen molar-refractivity contribution < 1.29 is 24.1 Å². The first-order valence-corrected chi connectivity index (χ1v) is 16.9. The molecule has 8 heteroatoms. The number of rotatable bonds is 18. The number of carbonyl (C=O) groups is 1. The van der Waals surface area contributed by atoms with E-state index in [0.29, 0.717) is 25.7 Å². The molecule has 1 heterocycles. The average molecular weight is 610 g/mol. The summed E-state index contributed by atoms with van der Waals surface area (Å²) in [6.45, 7) is 7.93. The highest BCUT2D eigenvalue weighted by molar-refractivity contribution is 5.74. The van der Waals surface area contributed by atoms with Gasteiger partial charge in [0.05, 0.1) is 12.7 Å². The molecule has 2 aliphatic rings. The van der Waals surface area contributed by atoms with Crippen LogP contribution >= 0.6 is 0 Å². The molecule has 44 heavy (non-hydrogen) atoms. The topological polar surface area (TPSA) is 101 Å². The van der Waals surface area contributed by atoms with Gasteiger partial charge in [-0.25, -0.2) is 4.79 Å². The molecule has 4 N–H and O–H groups in total. The summed E-state index contributed by atoms with van der Waals surface area (Å²) in [4.78, 5) is 12.2. The number of amides is 2. The quantitative estimate of drug-likeness (QED) is 0.141. The molecule has 8 nitrogen and oxygen atoms in total. The summed E-state index contributed by atoms with van der Waals surface area (Å²) in [5.74, 6) is 0.223. The van der Waals surface area contributed by atoms with E-state index in [-0.39, 0.29) is 6.03 Å². The normalized spacial score (nSPS) is 17.0. The van der Waals surface area contributed by atoms with E-state index in [0.717, 1.165) is 100.0 Å². The van der Waals surface area contributed by atoms with Crippen LogP contribution in [0.2, 0.25) is 0 Å². The maximum Gasteiger partial charge on any atom is 0.315 e. The van der Waals surface area contributed by atoms with Gasteiger partial charge in [-0.15, -0.1) is 0 Å². The zero-order chi connectivity index (χ0) is 31.0. The van der Waals surface area contributed by atoms with Crippen molar-refractivity contribution in [3.05, 3.63) is 64.7 Å². The largest absolute Gasteiger partial charge is 0.463 e. The number of hydrogen-bond donors (Lipinski definition) is 4. The van der Waals surface area contributed by atoms with Crippen LogP contribution in [0.15, 0.2) is 42.5 Å². The van der Waals surface area contributed by atoms with Gasteiger partial charge in [-0.3, -0.25) is 0 Å². The number of aliphatic hydroxyl groups excluding tert-OH is 1. The van der Waals surface area contributed by atoms with Crippen LogP contribution in [0, 0.1) is 0 Å². The van der Waals surface area contributed by atoms with Crippen LogP contribution in [0.3, 0.4) is 0 Å². The van der Waals surface area contributed by atoms with E-state index in [1.54, 1.807) is 0 Å². The van der Waals surface area contributed by atoms with Crippen molar-refractivity contribution in [2.24, 2.45) is 0 Å². The third kappa shape index (κ3) is 12.4. The molecule has 244 valence electrons. The van der Waals surface area contributed by atoms with Gasteiger partial charge in [0.1, 0.15) is 5.75 Å². The number of benzene rings is 2. The highest BCUT2D eigenvalue weighted by Crippen LogP contribution is 2.32. The number of unbranched alkanes of at least 4 members (excludes halogenated alkanes) is 4. The fourth-order valence-electron chi connectivity index (χ4n) is 5.93. The monoisotopic (exact) mass is 609 g/mol. The molecular weight excluding hydrogens is 554 g/mol. The maximum atomic E-state index is 12.2. The van der Waals surface area contributed by atoms with Crippen LogP contribution in [-0.2, 0) is 29.0 Å². The fourth-order valence-corrected chi connectivity index (χ4v) is 5.93. The molecule has 0 bridgehead atoms. The molecule has 1 aliphatic carbocycles. The summed E-state index contributed by atoms with van der Waals surface area (Å²) in [5.41, 5.74) is 4.33. The van der Waals surface area contributed by atoms with Crippen molar-refractivity contribution in [3.63, 3.8) is 0 Å². The van der Waals surface area contributed by atoms with Crippen molar-refractivity contribution in [1.29, 1.82) is 0 Å². The minimum absolute atomic E-state index is 0.0512. The average Bonchev–Trinajstić information content (AvgIpc) is 3.02. The Labute approximate surface area is 264 Å². The van der Waals surface area contributed by atoms with Gasteiger partial charge in [0.25, 0.3) is 0 Å². The number of nitrogens with one attached hydrogen (secondary N) is 3. The standard InChI is InChI=1S/C36H55N3O5/c1-36(2)43-27-31-24-30(18-19-34(31)44-36)33(40)26-37-20-9-3-4-10-21-42-22-11-8-13-28-14-12-15-29(23-28)25-38-35(41)39-32-16-6-5-7-17-32/h12,14-15,18-19,23-24,32-33,37,40H,3-11,13,16-17,20-22,25-27H2,1-2H3,(H2,38,39,41)/t33-/m0/s1. The number of aryl methyl sites for hydroxylation is 1. The minimum atomic E-state index is -0.607. The van der Waals surface area contributed by atoms with E-state index in [4.69, 9.17) is 14.2 Å². The van der Waals surface area contributed by atoms with Crippen LogP contribution in [-0.4, -0.2) is 49.3 Å². The zero-order valence-corrected chi connectivity index (χ0v) is 27.0. The van der Waals surface area contributed by atoms with E-state index in [2.05, 4.69) is 40.2 Å². The van der Waals surface area contributed by atoms with Crippen molar-refractivity contribution in [2.45, 2.75) is 122 Å². The molecule has 0 spiro atoms. The van der Waals surface area contributed by atoms with Gasteiger partial charge >= 0.3 is 6.03 Å². The molecule has 0 radical (unpaired) electrons. The number of hydrogen-bond acceptors (Lipinski definition) is 6. The van der Waals surface area contributed by atoms with Gasteiger partial charge in [-0.1, -0.05) is 62.4 Å². The molecule has 2 aromatic rings. The van der Waals surface area contributed by atoms with Crippen molar-refractivity contribution >= 4 is 6.03 Å². The molecule has 0 aromatic heterocycles. The third-order valence-electron chi connectivity index (χ3n) is 8.52. The second-order valence-corrected chi connectivity index (χ2v) is 12.8. The summed E-state index contributed by atoms with van der Waals surface area (Å²) in [7, 11) is 0. The first-order chi connectivity index (χ1) is 21.4. The number of carbonyl (C=O) groups excluding carboxylic acids is 1. The van der Waals surface area contributed by atoms with E-state index in [1.165, 1.54) is 24.8 Å². The Morgan fingerprint density at radius 3 is 2.59 bits per heavy atom. The summed E-state index contributed by atoms with van der Waals surface area (Å²) in [6.07, 6.45) is 13.0. The summed E-state index contributed by atoms with van der Waals surface area (Å²) in [6, 6.07) is 14.7. The third-order valence-corrected chi connectivity index (χ3v) is 8.52. The lowest BCUT2D eigenvalue weighted by Gasteiger charge is -2.33. The SMILES string of the molecule is CC1(C)OCc2cc([C@@H](O)CNCCCCCCOCCCCc3cccc(CNC(=O)NC4CCCCC4)c3)ccc2O1. The zero-order valence-electron chi connectivity index (χ0n) is 27.0. The molecule has 2 amide bonds. The summed E-state index contributed by atoms with van der Waals surface area (Å²) < 4.78 is 17.4. The predicted molar refractivity (Wildman–Crippen MR) is 175 cm³/mol. The van der Waals surface area contributed by atoms with Crippen LogP contribution in [0.1, 0.15) is 113 Å². The van der Waals surface area contributed by atoms with E-state index < -0.39 is 11.9 Å². The highest BCUT2D eigenvalue weighted by Gasteiger charge is 2.27. The van der Waals surface area contributed by atoms with Crippen LogP contribution in [0.25, 0.3) is 0 Å². The van der Waals surface area contributed by atoms with Crippen molar-refractivity contribution in [3.8, 4) is 5.75 Å². The molecule has 1 atom stereocenters. The molecule has 0 saturated heterocycles. The molecule has 0 unspecified atom stereocenters. The number of fused-ring (bicyclic) bond motifs is 1. The molecule has 1 saturated carbocycles. The molecule has 4 rings (SSSR count). The van der Waals surface area contributed by atoms with Gasteiger partial charge in [0, 0.05) is 51.8 Å². The Hall–Kier alpha value is -2.65. The smallest absolute Gasteiger partial charge is 0.315 e. The number of urea groups is 1. The number of ether oxygens (including phenoxy) is 3. The second kappa shape index (κ2) is 18.4. The van der Waals surface area contributed by atoms with Gasteiger partial charge in [-0.2, -0.15) is 0 Å². The van der Waals surface area contributed by atoms with Crippen LogP contribution in [0.5, 0.6) is 5.75 Å². The Morgan fingerprint density at radius 2 is 1.75 bits per heavy atom. The Bertz CT molecular complexity index is 1130. The van der Waals surface area contributed by atoms with Gasteiger partial charge < -0.3 is 35.3 Å².